The van der Waals surface area contributed by atoms with Crippen LogP contribution in [0.2, 0.25) is 0 Å². The van der Waals surface area contributed by atoms with Gasteiger partial charge < -0.3 is 15.6 Å². The average Bonchev–Trinajstić information content (AvgIpc) is 2.98. The number of carbonyl (C=O) groups excluding carboxylic acids is 2. The van der Waals surface area contributed by atoms with Gasteiger partial charge in [-0.25, -0.2) is 4.98 Å². The number of pyridine rings is 1. The fraction of sp³-hybridized carbons (Fsp3) is 0.125. The minimum atomic E-state index is -0.604. The molecule has 0 saturated carbocycles. The number of H-pyrrole nitrogens is 1. The molecule has 0 bridgehead atoms. The molecule has 0 unspecified atom stereocenters. The zero-order chi connectivity index (χ0) is 17.1. The van der Waals surface area contributed by atoms with Gasteiger partial charge in [-0.3, -0.25) is 14.4 Å². The van der Waals surface area contributed by atoms with E-state index in [1.807, 2.05) is 12.3 Å². The molecule has 8 heteroatoms. The highest BCUT2D eigenvalue weighted by atomic mass is 32.1. The van der Waals surface area contributed by atoms with Crippen LogP contribution in [0, 0.1) is 6.92 Å². The lowest BCUT2D eigenvalue weighted by Crippen LogP contribution is -2.35. The van der Waals surface area contributed by atoms with Crippen LogP contribution in [-0.2, 0) is 4.79 Å². The van der Waals surface area contributed by atoms with E-state index in [-0.39, 0.29) is 17.5 Å². The van der Waals surface area contributed by atoms with E-state index >= 15 is 0 Å². The number of rotatable bonds is 4. The van der Waals surface area contributed by atoms with Gasteiger partial charge in [0.25, 0.3) is 5.91 Å². The SMILES string of the molecule is Cc1csc(NC(=O)CNC(=O)c2c[nH]c3ccccc3c2=O)n1. The van der Waals surface area contributed by atoms with Crippen LogP contribution in [0.5, 0.6) is 0 Å². The molecule has 0 fully saturated rings. The molecule has 0 aliphatic carbocycles. The molecule has 0 saturated heterocycles. The Labute approximate surface area is 140 Å². The van der Waals surface area contributed by atoms with E-state index in [4.69, 9.17) is 0 Å². The fourth-order valence-corrected chi connectivity index (χ4v) is 2.87. The van der Waals surface area contributed by atoms with Crippen LogP contribution in [0.1, 0.15) is 16.1 Å². The van der Waals surface area contributed by atoms with E-state index in [0.29, 0.717) is 16.0 Å². The summed E-state index contributed by atoms with van der Waals surface area (Å²) in [5.74, 6) is -1.01. The Balaban J connectivity index is 1.68. The Hall–Kier alpha value is -3.00. The Morgan fingerprint density at radius 1 is 1.29 bits per heavy atom. The molecule has 122 valence electrons. The number of thiazole rings is 1. The number of nitrogens with one attached hydrogen (secondary N) is 3. The third-order valence-electron chi connectivity index (χ3n) is 3.31. The van der Waals surface area contributed by atoms with Crippen LogP contribution in [0.4, 0.5) is 5.13 Å². The van der Waals surface area contributed by atoms with Gasteiger partial charge in [0.15, 0.2) is 5.13 Å². The lowest BCUT2D eigenvalue weighted by molar-refractivity contribution is -0.115. The van der Waals surface area contributed by atoms with Gasteiger partial charge in [0.2, 0.25) is 11.3 Å². The Kier molecular flexibility index (Phi) is 4.39. The first-order chi connectivity index (χ1) is 11.5. The highest BCUT2D eigenvalue weighted by molar-refractivity contribution is 7.13. The number of aromatic nitrogens is 2. The summed E-state index contributed by atoms with van der Waals surface area (Å²) in [5.41, 5.74) is 1.04. The Bertz CT molecular complexity index is 977. The van der Waals surface area contributed by atoms with Crippen molar-refractivity contribution >= 4 is 39.2 Å². The van der Waals surface area contributed by atoms with Crippen molar-refractivity contribution in [3.63, 3.8) is 0 Å². The van der Waals surface area contributed by atoms with Crippen molar-refractivity contribution in [3.8, 4) is 0 Å². The number of fused-ring (bicyclic) bond motifs is 1. The molecule has 0 spiro atoms. The van der Waals surface area contributed by atoms with E-state index in [0.717, 1.165) is 5.69 Å². The molecule has 7 nitrogen and oxygen atoms in total. The molecule has 3 rings (SSSR count). The summed E-state index contributed by atoms with van der Waals surface area (Å²) in [6.45, 7) is 1.57. The van der Waals surface area contributed by atoms with E-state index in [1.54, 1.807) is 24.3 Å². The van der Waals surface area contributed by atoms with E-state index in [2.05, 4.69) is 20.6 Å². The van der Waals surface area contributed by atoms with Crippen LogP contribution >= 0.6 is 11.3 Å². The van der Waals surface area contributed by atoms with Crippen LogP contribution < -0.4 is 16.1 Å². The lowest BCUT2D eigenvalue weighted by Gasteiger charge is -2.06. The first kappa shape index (κ1) is 15.9. The normalized spacial score (nSPS) is 10.5. The van der Waals surface area contributed by atoms with Crippen molar-refractivity contribution in [3.05, 3.63) is 57.3 Å². The average molecular weight is 342 g/mol. The molecule has 1 aromatic carbocycles. The second-order valence-electron chi connectivity index (χ2n) is 5.10. The molecule has 2 amide bonds. The van der Waals surface area contributed by atoms with Crippen molar-refractivity contribution < 1.29 is 9.59 Å². The predicted octanol–water partition coefficient (Wildman–Crippen LogP) is 1.66. The molecule has 0 aliphatic heterocycles. The molecule has 24 heavy (non-hydrogen) atoms. The molecular formula is C16H14N4O3S. The summed E-state index contributed by atoms with van der Waals surface area (Å²) in [5, 5.41) is 7.72. The van der Waals surface area contributed by atoms with Crippen LogP contribution in [0.15, 0.2) is 40.6 Å². The number of para-hydroxylation sites is 1. The molecule has 0 radical (unpaired) electrons. The second-order valence-corrected chi connectivity index (χ2v) is 5.96. The number of nitrogens with zero attached hydrogens (tertiary/aromatic N) is 1. The topological polar surface area (TPSA) is 104 Å². The zero-order valence-corrected chi connectivity index (χ0v) is 13.6. The largest absolute Gasteiger partial charge is 0.360 e. The Morgan fingerprint density at radius 2 is 2.08 bits per heavy atom. The first-order valence-corrected chi connectivity index (χ1v) is 8.03. The maximum atomic E-state index is 12.3. The number of carbonyl (C=O) groups is 2. The van der Waals surface area contributed by atoms with Gasteiger partial charge in [-0.2, -0.15) is 0 Å². The predicted molar refractivity (Wildman–Crippen MR) is 92.4 cm³/mol. The van der Waals surface area contributed by atoms with Crippen LogP contribution in [0.25, 0.3) is 10.9 Å². The number of anilines is 1. The molecule has 3 aromatic rings. The van der Waals surface area contributed by atoms with Gasteiger partial charge in [-0.1, -0.05) is 12.1 Å². The van der Waals surface area contributed by atoms with E-state index < -0.39 is 11.8 Å². The van der Waals surface area contributed by atoms with Crippen molar-refractivity contribution in [1.29, 1.82) is 0 Å². The van der Waals surface area contributed by atoms with Crippen molar-refractivity contribution in [2.24, 2.45) is 0 Å². The second kappa shape index (κ2) is 6.63. The van der Waals surface area contributed by atoms with Gasteiger partial charge in [0.1, 0.15) is 5.56 Å². The number of hydrogen-bond donors (Lipinski definition) is 3. The number of aromatic amines is 1. The van der Waals surface area contributed by atoms with Crippen LogP contribution in [-0.4, -0.2) is 28.3 Å². The molecule has 0 aliphatic rings. The molecule has 0 atom stereocenters. The van der Waals surface area contributed by atoms with Gasteiger partial charge in [-0.15, -0.1) is 11.3 Å². The van der Waals surface area contributed by atoms with Gasteiger partial charge in [0, 0.05) is 22.5 Å². The number of benzene rings is 1. The standard InChI is InChI=1S/C16H14N4O3S/c1-9-8-24-16(19-9)20-13(21)7-18-15(23)11-6-17-12-5-3-2-4-10(12)14(11)22/h2-6,8H,7H2,1H3,(H,17,22)(H,18,23)(H,19,20,21). The van der Waals surface area contributed by atoms with Gasteiger partial charge >= 0.3 is 0 Å². The first-order valence-electron chi connectivity index (χ1n) is 7.15. The summed E-state index contributed by atoms with van der Waals surface area (Å²) in [4.78, 5) is 43.3. The van der Waals surface area contributed by atoms with Gasteiger partial charge in [0.05, 0.1) is 12.2 Å². The molecule has 3 N–H and O–H groups in total. The third-order valence-corrected chi connectivity index (χ3v) is 4.18. The quantitative estimate of drug-likeness (QED) is 0.671. The van der Waals surface area contributed by atoms with Crippen molar-refractivity contribution in [2.45, 2.75) is 6.92 Å². The fourth-order valence-electron chi connectivity index (χ4n) is 2.17. The highest BCUT2D eigenvalue weighted by Gasteiger charge is 2.14. The maximum absolute atomic E-state index is 12.3. The summed E-state index contributed by atoms with van der Waals surface area (Å²) in [7, 11) is 0. The summed E-state index contributed by atoms with van der Waals surface area (Å²) in [6, 6.07) is 6.91. The summed E-state index contributed by atoms with van der Waals surface area (Å²) >= 11 is 1.30. The highest BCUT2D eigenvalue weighted by Crippen LogP contribution is 2.13. The van der Waals surface area contributed by atoms with E-state index in [9.17, 15) is 14.4 Å². The maximum Gasteiger partial charge on any atom is 0.257 e. The van der Waals surface area contributed by atoms with E-state index in [1.165, 1.54) is 17.5 Å². The van der Waals surface area contributed by atoms with Crippen LogP contribution in [0.3, 0.4) is 0 Å². The third kappa shape index (κ3) is 3.33. The minimum absolute atomic E-state index is 0.0356. The summed E-state index contributed by atoms with van der Waals surface area (Å²) < 4.78 is 0. The smallest absolute Gasteiger partial charge is 0.257 e. The van der Waals surface area contributed by atoms with Crippen molar-refractivity contribution in [2.75, 3.05) is 11.9 Å². The van der Waals surface area contributed by atoms with Gasteiger partial charge in [-0.05, 0) is 19.1 Å². The number of hydrogen-bond acceptors (Lipinski definition) is 5. The summed E-state index contributed by atoms with van der Waals surface area (Å²) in [6.07, 6.45) is 1.35. The monoisotopic (exact) mass is 342 g/mol. The zero-order valence-electron chi connectivity index (χ0n) is 12.8. The lowest BCUT2D eigenvalue weighted by atomic mass is 10.1. The minimum Gasteiger partial charge on any atom is -0.360 e. The molecule has 2 aromatic heterocycles. The molecule has 2 heterocycles. The Morgan fingerprint density at radius 3 is 2.83 bits per heavy atom. The molecular weight excluding hydrogens is 328 g/mol. The van der Waals surface area contributed by atoms with Crippen molar-refractivity contribution in [1.82, 2.24) is 15.3 Å². The number of amides is 2. The number of aryl methyl sites for hydroxylation is 1.